The number of unbranched alkanes of at least 4 members (excludes halogenated alkanes) is 1. The van der Waals surface area contributed by atoms with E-state index < -0.39 is 12.0 Å². The van der Waals surface area contributed by atoms with Gasteiger partial charge in [0.2, 0.25) is 0 Å². The Balaban J connectivity index is 2.47. The quantitative estimate of drug-likeness (QED) is 0.762. The van der Waals surface area contributed by atoms with Crippen LogP contribution in [0, 0.1) is 20.8 Å². The number of benzene rings is 1. The van der Waals surface area contributed by atoms with Crippen LogP contribution in [-0.2, 0) is 11.2 Å². The third-order valence-electron chi connectivity index (χ3n) is 3.35. The maximum Gasteiger partial charge on any atom is 0.320 e. The van der Waals surface area contributed by atoms with Gasteiger partial charge in [-0.1, -0.05) is 24.1 Å². The van der Waals surface area contributed by atoms with Crippen molar-refractivity contribution in [3.05, 3.63) is 34.4 Å². The fourth-order valence-electron chi connectivity index (χ4n) is 2.39. The lowest BCUT2D eigenvalue weighted by atomic mass is 9.95. The molecule has 0 radical (unpaired) electrons. The smallest absolute Gasteiger partial charge is 0.320 e. The summed E-state index contributed by atoms with van der Waals surface area (Å²) in [6, 6.07) is 3.68. The van der Waals surface area contributed by atoms with E-state index in [0.29, 0.717) is 6.42 Å². The second-order valence-corrected chi connectivity index (χ2v) is 5.07. The molecule has 0 spiro atoms. The molecule has 1 aromatic rings. The molecule has 3 heteroatoms. The molecule has 0 aliphatic heterocycles. The SMILES string of the molecule is Cc1cc(C)c(CCCCC(N)C(=O)O)c(C)c1. The van der Waals surface area contributed by atoms with E-state index in [1.54, 1.807) is 0 Å². The molecule has 0 heterocycles. The number of carboxylic acids is 1. The Morgan fingerprint density at radius 2 is 1.78 bits per heavy atom. The first-order valence-electron chi connectivity index (χ1n) is 6.47. The summed E-state index contributed by atoms with van der Waals surface area (Å²) in [5.41, 5.74) is 10.8. The van der Waals surface area contributed by atoms with Gasteiger partial charge in [-0.05, 0) is 56.7 Å². The van der Waals surface area contributed by atoms with Crippen LogP contribution in [0.5, 0.6) is 0 Å². The second kappa shape index (κ2) is 6.55. The lowest BCUT2D eigenvalue weighted by Gasteiger charge is -2.12. The van der Waals surface area contributed by atoms with E-state index in [1.807, 2.05) is 0 Å². The Morgan fingerprint density at radius 1 is 1.22 bits per heavy atom. The molecule has 1 unspecified atom stereocenters. The highest BCUT2D eigenvalue weighted by molar-refractivity contribution is 5.72. The fraction of sp³-hybridized carbons (Fsp3) is 0.533. The predicted octanol–water partition coefficient (Wildman–Crippen LogP) is 2.74. The molecule has 0 saturated carbocycles. The highest BCUT2D eigenvalue weighted by Gasteiger charge is 2.10. The van der Waals surface area contributed by atoms with Crippen LogP contribution in [0.15, 0.2) is 12.1 Å². The molecular formula is C15H23NO2. The van der Waals surface area contributed by atoms with Crippen molar-refractivity contribution in [3.8, 4) is 0 Å². The van der Waals surface area contributed by atoms with Gasteiger partial charge in [-0.15, -0.1) is 0 Å². The molecule has 1 rings (SSSR count). The minimum atomic E-state index is -0.905. The molecule has 0 bridgehead atoms. The monoisotopic (exact) mass is 249 g/mol. The molecule has 0 saturated heterocycles. The van der Waals surface area contributed by atoms with Gasteiger partial charge >= 0.3 is 5.97 Å². The normalized spacial score (nSPS) is 12.4. The zero-order valence-electron chi connectivity index (χ0n) is 11.5. The zero-order valence-corrected chi connectivity index (χ0v) is 11.5. The topological polar surface area (TPSA) is 63.3 Å². The average molecular weight is 249 g/mol. The summed E-state index contributed by atoms with van der Waals surface area (Å²) in [5.74, 6) is -0.905. The summed E-state index contributed by atoms with van der Waals surface area (Å²) in [6.45, 7) is 6.38. The lowest BCUT2D eigenvalue weighted by Crippen LogP contribution is -2.29. The summed E-state index contributed by atoms with van der Waals surface area (Å²) >= 11 is 0. The number of rotatable bonds is 6. The van der Waals surface area contributed by atoms with E-state index in [2.05, 4.69) is 32.9 Å². The van der Waals surface area contributed by atoms with Crippen molar-refractivity contribution < 1.29 is 9.90 Å². The first-order valence-corrected chi connectivity index (χ1v) is 6.47. The third-order valence-corrected chi connectivity index (χ3v) is 3.35. The Morgan fingerprint density at radius 3 is 2.28 bits per heavy atom. The molecule has 1 atom stereocenters. The largest absolute Gasteiger partial charge is 0.480 e. The van der Waals surface area contributed by atoms with Crippen LogP contribution in [0.4, 0.5) is 0 Å². The second-order valence-electron chi connectivity index (χ2n) is 5.07. The third kappa shape index (κ3) is 4.15. The average Bonchev–Trinajstić information content (AvgIpc) is 2.26. The van der Waals surface area contributed by atoms with Crippen LogP contribution in [0.1, 0.15) is 41.5 Å². The van der Waals surface area contributed by atoms with Crippen molar-refractivity contribution in [2.75, 3.05) is 0 Å². The van der Waals surface area contributed by atoms with Gasteiger partial charge in [0.05, 0.1) is 0 Å². The molecule has 0 aliphatic carbocycles. The van der Waals surface area contributed by atoms with E-state index >= 15 is 0 Å². The van der Waals surface area contributed by atoms with Crippen LogP contribution >= 0.6 is 0 Å². The Bertz CT molecular complexity index is 403. The van der Waals surface area contributed by atoms with Gasteiger partial charge < -0.3 is 10.8 Å². The number of aryl methyl sites for hydroxylation is 3. The van der Waals surface area contributed by atoms with Crippen LogP contribution in [0.3, 0.4) is 0 Å². The van der Waals surface area contributed by atoms with Crippen LogP contribution in [0.2, 0.25) is 0 Å². The standard InChI is InChI=1S/C15H23NO2/c1-10-8-11(2)13(12(3)9-10)6-4-5-7-14(16)15(17)18/h8-9,14H,4-7,16H2,1-3H3,(H,17,18). The lowest BCUT2D eigenvalue weighted by molar-refractivity contribution is -0.138. The molecule has 100 valence electrons. The maximum atomic E-state index is 10.6. The summed E-state index contributed by atoms with van der Waals surface area (Å²) in [6.07, 6.45) is 3.41. The van der Waals surface area contributed by atoms with E-state index in [0.717, 1.165) is 19.3 Å². The molecule has 3 nitrogen and oxygen atoms in total. The molecular weight excluding hydrogens is 226 g/mol. The Labute approximate surface area is 109 Å². The Kier molecular flexibility index (Phi) is 5.35. The van der Waals surface area contributed by atoms with Crippen molar-refractivity contribution in [2.24, 2.45) is 5.73 Å². The number of carbonyl (C=O) groups is 1. The number of hydrogen-bond acceptors (Lipinski definition) is 2. The van der Waals surface area contributed by atoms with Crippen molar-refractivity contribution in [1.82, 2.24) is 0 Å². The zero-order chi connectivity index (χ0) is 13.7. The van der Waals surface area contributed by atoms with Gasteiger partial charge in [-0.25, -0.2) is 0 Å². The Hall–Kier alpha value is -1.35. The minimum Gasteiger partial charge on any atom is -0.480 e. The van der Waals surface area contributed by atoms with Gasteiger partial charge in [0.1, 0.15) is 6.04 Å². The number of aliphatic carboxylic acids is 1. The van der Waals surface area contributed by atoms with E-state index in [4.69, 9.17) is 10.8 Å². The summed E-state index contributed by atoms with van der Waals surface area (Å²) in [7, 11) is 0. The van der Waals surface area contributed by atoms with Gasteiger partial charge in [-0.3, -0.25) is 4.79 Å². The number of hydrogen-bond donors (Lipinski definition) is 2. The molecule has 0 fully saturated rings. The van der Waals surface area contributed by atoms with Crippen molar-refractivity contribution in [2.45, 2.75) is 52.5 Å². The van der Waals surface area contributed by atoms with Crippen LogP contribution in [0.25, 0.3) is 0 Å². The molecule has 3 N–H and O–H groups in total. The first kappa shape index (κ1) is 14.7. The molecule has 1 aromatic carbocycles. The van der Waals surface area contributed by atoms with E-state index in [1.165, 1.54) is 22.3 Å². The van der Waals surface area contributed by atoms with Crippen molar-refractivity contribution in [1.29, 1.82) is 0 Å². The predicted molar refractivity (Wildman–Crippen MR) is 73.8 cm³/mol. The van der Waals surface area contributed by atoms with Crippen molar-refractivity contribution in [3.63, 3.8) is 0 Å². The number of nitrogens with two attached hydrogens (primary N) is 1. The maximum absolute atomic E-state index is 10.6. The highest BCUT2D eigenvalue weighted by atomic mass is 16.4. The summed E-state index contributed by atoms with van der Waals surface area (Å²) in [4.78, 5) is 10.6. The van der Waals surface area contributed by atoms with Crippen molar-refractivity contribution >= 4 is 5.97 Å². The molecule has 0 aromatic heterocycles. The first-order chi connectivity index (χ1) is 8.41. The van der Waals surface area contributed by atoms with E-state index in [-0.39, 0.29) is 0 Å². The van der Waals surface area contributed by atoms with Crippen LogP contribution in [-0.4, -0.2) is 17.1 Å². The summed E-state index contributed by atoms with van der Waals surface area (Å²) in [5, 5.41) is 8.69. The molecule has 0 amide bonds. The van der Waals surface area contributed by atoms with Gasteiger partial charge in [-0.2, -0.15) is 0 Å². The minimum absolute atomic E-state index is 0.555. The summed E-state index contributed by atoms with van der Waals surface area (Å²) < 4.78 is 0. The van der Waals surface area contributed by atoms with E-state index in [9.17, 15) is 4.79 Å². The number of carboxylic acid groups (broad SMARTS) is 1. The van der Waals surface area contributed by atoms with Gasteiger partial charge in [0, 0.05) is 0 Å². The van der Waals surface area contributed by atoms with Crippen LogP contribution < -0.4 is 5.73 Å². The van der Waals surface area contributed by atoms with Gasteiger partial charge in [0.15, 0.2) is 0 Å². The molecule has 18 heavy (non-hydrogen) atoms. The highest BCUT2D eigenvalue weighted by Crippen LogP contribution is 2.19. The fourth-order valence-corrected chi connectivity index (χ4v) is 2.39. The molecule has 0 aliphatic rings. The van der Waals surface area contributed by atoms with Gasteiger partial charge in [0.25, 0.3) is 0 Å².